The summed E-state index contributed by atoms with van der Waals surface area (Å²) in [5.41, 5.74) is 2.32. The Kier molecular flexibility index (Phi) is 2.84. The fourth-order valence-corrected chi connectivity index (χ4v) is 1.82. The van der Waals surface area contributed by atoms with Crippen LogP contribution in [0.5, 0.6) is 0 Å². The van der Waals surface area contributed by atoms with Crippen molar-refractivity contribution in [2.75, 3.05) is 6.61 Å². The number of benzene rings is 2. The molecule has 0 amide bonds. The maximum absolute atomic E-state index is 8.89. The van der Waals surface area contributed by atoms with E-state index in [2.05, 4.69) is 24.3 Å². The van der Waals surface area contributed by atoms with Gasteiger partial charge in [-0.05, 0) is 28.8 Å². The van der Waals surface area contributed by atoms with Crippen LogP contribution in [-0.2, 0) is 0 Å². The maximum atomic E-state index is 8.89. The fraction of sp³-hybridized carbons (Fsp3) is 0.143. The van der Waals surface area contributed by atoms with Gasteiger partial charge in [-0.2, -0.15) is 0 Å². The molecule has 0 aromatic heterocycles. The molecular weight excluding hydrogens is 184 g/mol. The van der Waals surface area contributed by atoms with Crippen molar-refractivity contribution in [1.82, 2.24) is 0 Å². The molecule has 1 N–H and O–H groups in total. The molecule has 76 valence electrons. The second-order valence-corrected chi connectivity index (χ2v) is 3.60. The van der Waals surface area contributed by atoms with Gasteiger partial charge in [0.15, 0.2) is 0 Å². The van der Waals surface area contributed by atoms with Crippen LogP contribution < -0.4 is 0 Å². The third-order valence-electron chi connectivity index (χ3n) is 2.61. The summed E-state index contributed by atoms with van der Waals surface area (Å²) in [5, 5.41) is 11.4. The van der Waals surface area contributed by atoms with Gasteiger partial charge >= 0.3 is 0 Å². The molecule has 2 aromatic rings. The summed E-state index contributed by atoms with van der Waals surface area (Å²) >= 11 is 0. The van der Waals surface area contributed by atoms with Crippen LogP contribution in [-0.4, -0.2) is 11.7 Å². The fourth-order valence-electron chi connectivity index (χ4n) is 1.82. The molecular formula is C14H14O. The second kappa shape index (κ2) is 4.28. The average Bonchev–Trinajstić information content (AvgIpc) is 2.28. The first-order chi connectivity index (χ1) is 7.33. The Hall–Kier alpha value is -1.60. The van der Waals surface area contributed by atoms with Gasteiger partial charge in [-0.3, -0.25) is 0 Å². The van der Waals surface area contributed by atoms with Crippen molar-refractivity contribution in [2.45, 2.75) is 6.92 Å². The summed E-state index contributed by atoms with van der Waals surface area (Å²) in [6.45, 7) is 2.12. The van der Waals surface area contributed by atoms with Gasteiger partial charge in [-0.25, -0.2) is 0 Å². The Morgan fingerprint density at radius 1 is 1.13 bits per heavy atom. The Bertz CT molecular complexity index is 492. The highest BCUT2D eigenvalue weighted by Crippen LogP contribution is 2.24. The largest absolute Gasteiger partial charge is 0.392 e. The highest BCUT2D eigenvalue weighted by atomic mass is 16.2. The van der Waals surface area contributed by atoms with Crippen molar-refractivity contribution in [3.8, 4) is 0 Å². The molecule has 0 atom stereocenters. The van der Waals surface area contributed by atoms with Crippen LogP contribution >= 0.6 is 0 Å². The maximum Gasteiger partial charge on any atom is 0.0618 e. The number of allylic oxidation sites excluding steroid dienone is 1. The Balaban J connectivity index is 2.66. The van der Waals surface area contributed by atoms with Gasteiger partial charge in [-0.1, -0.05) is 48.5 Å². The lowest BCUT2D eigenvalue weighted by molar-refractivity contribution is 0.343. The molecule has 0 aliphatic heterocycles. The van der Waals surface area contributed by atoms with E-state index in [1.807, 2.05) is 31.2 Å². The van der Waals surface area contributed by atoms with E-state index in [1.165, 1.54) is 16.3 Å². The van der Waals surface area contributed by atoms with E-state index in [9.17, 15) is 0 Å². The summed E-state index contributed by atoms with van der Waals surface area (Å²) in [7, 11) is 0. The normalized spacial score (nSPS) is 12.0. The quantitative estimate of drug-likeness (QED) is 0.785. The van der Waals surface area contributed by atoms with Crippen molar-refractivity contribution in [3.63, 3.8) is 0 Å². The molecule has 0 saturated heterocycles. The number of hydrogen-bond acceptors (Lipinski definition) is 1. The van der Waals surface area contributed by atoms with Crippen LogP contribution in [0.15, 0.2) is 48.5 Å². The van der Waals surface area contributed by atoms with E-state index in [0.29, 0.717) is 0 Å². The summed E-state index contributed by atoms with van der Waals surface area (Å²) in [6, 6.07) is 14.5. The van der Waals surface area contributed by atoms with Gasteiger partial charge in [0.25, 0.3) is 0 Å². The number of rotatable bonds is 2. The van der Waals surface area contributed by atoms with E-state index in [1.54, 1.807) is 0 Å². The van der Waals surface area contributed by atoms with E-state index >= 15 is 0 Å². The van der Waals surface area contributed by atoms with Crippen LogP contribution in [0.25, 0.3) is 16.3 Å². The SMILES string of the molecule is CC(=CCO)c1cccc2ccccc12. The van der Waals surface area contributed by atoms with Crippen molar-refractivity contribution in [1.29, 1.82) is 0 Å². The Morgan fingerprint density at radius 3 is 2.67 bits per heavy atom. The standard InChI is InChI=1S/C14H14O/c1-11(9-10-15)13-8-4-6-12-5-2-3-7-14(12)13/h2-9,15H,10H2,1H3. The van der Waals surface area contributed by atoms with Crippen molar-refractivity contribution in [2.24, 2.45) is 0 Å². The monoisotopic (exact) mass is 198 g/mol. The molecule has 0 bridgehead atoms. The van der Waals surface area contributed by atoms with Crippen LogP contribution in [0.1, 0.15) is 12.5 Å². The van der Waals surface area contributed by atoms with Crippen LogP contribution in [0, 0.1) is 0 Å². The minimum Gasteiger partial charge on any atom is -0.392 e. The molecule has 0 heterocycles. The summed E-state index contributed by atoms with van der Waals surface area (Å²) in [6.07, 6.45) is 1.84. The van der Waals surface area contributed by atoms with Gasteiger partial charge in [-0.15, -0.1) is 0 Å². The number of fused-ring (bicyclic) bond motifs is 1. The highest BCUT2D eigenvalue weighted by Gasteiger charge is 2.00. The molecule has 0 radical (unpaired) electrons. The van der Waals surface area contributed by atoms with Gasteiger partial charge in [0.05, 0.1) is 6.61 Å². The zero-order valence-corrected chi connectivity index (χ0v) is 8.77. The summed E-state index contributed by atoms with van der Waals surface area (Å²) in [5.74, 6) is 0. The molecule has 1 nitrogen and oxygen atoms in total. The minimum absolute atomic E-state index is 0.0923. The molecule has 2 rings (SSSR count). The smallest absolute Gasteiger partial charge is 0.0618 e. The highest BCUT2D eigenvalue weighted by molar-refractivity contribution is 5.93. The molecule has 1 heteroatoms. The van der Waals surface area contributed by atoms with E-state index in [0.717, 1.165) is 5.57 Å². The van der Waals surface area contributed by atoms with Gasteiger partial charge in [0.2, 0.25) is 0 Å². The van der Waals surface area contributed by atoms with Crippen LogP contribution in [0.3, 0.4) is 0 Å². The molecule has 15 heavy (non-hydrogen) atoms. The second-order valence-electron chi connectivity index (χ2n) is 3.60. The zero-order chi connectivity index (χ0) is 10.7. The molecule has 0 unspecified atom stereocenters. The molecule has 0 aliphatic rings. The van der Waals surface area contributed by atoms with Crippen LogP contribution in [0.4, 0.5) is 0 Å². The third-order valence-corrected chi connectivity index (χ3v) is 2.61. The number of aliphatic hydroxyl groups is 1. The Labute approximate surface area is 89.7 Å². The van der Waals surface area contributed by atoms with E-state index in [-0.39, 0.29) is 6.61 Å². The first-order valence-corrected chi connectivity index (χ1v) is 5.08. The average molecular weight is 198 g/mol. The molecule has 0 aliphatic carbocycles. The summed E-state index contributed by atoms with van der Waals surface area (Å²) in [4.78, 5) is 0. The first-order valence-electron chi connectivity index (χ1n) is 5.08. The number of hydrogen-bond donors (Lipinski definition) is 1. The van der Waals surface area contributed by atoms with Gasteiger partial charge in [0, 0.05) is 0 Å². The zero-order valence-electron chi connectivity index (χ0n) is 8.77. The molecule has 0 saturated carbocycles. The lowest BCUT2D eigenvalue weighted by Crippen LogP contribution is -1.84. The van der Waals surface area contributed by atoms with Crippen molar-refractivity contribution >= 4 is 16.3 Å². The summed E-state index contributed by atoms with van der Waals surface area (Å²) < 4.78 is 0. The molecule has 0 spiro atoms. The topological polar surface area (TPSA) is 20.2 Å². The third kappa shape index (κ3) is 1.92. The molecule has 2 aromatic carbocycles. The number of aliphatic hydroxyl groups excluding tert-OH is 1. The lowest BCUT2D eigenvalue weighted by Gasteiger charge is -2.06. The predicted molar refractivity (Wildman–Crippen MR) is 64.7 cm³/mol. The predicted octanol–water partition coefficient (Wildman–Crippen LogP) is 3.24. The van der Waals surface area contributed by atoms with Crippen LogP contribution in [0.2, 0.25) is 0 Å². The molecule has 0 fully saturated rings. The van der Waals surface area contributed by atoms with Gasteiger partial charge in [0.1, 0.15) is 0 Å². The Morgan fingerprint density at radius 2 is 1.87 bits per heavy atom. The minimum atomic E-state index is 0.0923. The van der Waals surface area contributed by atoms with E-state index < -0.39 is 0 Å². The van der Waals surface area contributed by atoms with Gasteiger partial charge < -0.3 is 5.11 Å². The van der Waals surface area contributed by atoms with E-state index in [4.69, 9.17) is 5.11 Å². The van der Waals surface area contributed by atoms with Crippen molar-refractivity contribution in [3.05, 3.63) is 54.1 Å². The first kappa shape index (κ1) is 9.94. The lowest BCUT2D eigenvalue weighted by atomic mass is 9.99. The van der Waals surface area contributed by atoms with Crippen molar-refractivity contribution < 1.29 is 5.11 Å².